The van der Waals surface area contributed by atoms with Crippen LogP contribution in [0, 0.1) is 0 Å². The molecule has 1 aromatic heterocycles. The van der Waals surface area contributed by atoms with E-state index in [1.807, 2.05) is 17.5 Å². The van der Waals surface area contributed by atoms with Gasteiger partial charge >= 0.3 is 6.36 Å². The maximum Gasteiger partial charge on any atom is 0.573 e. The summed E-state index contributed by atoms with van der Waals surface area (Å²) >= 11 is 1.56. The standard InChI is InChI=1S/C13H12F3N3OS.HI/c14-13(15,16)20-10-5-3-9(4-6-10)19-12(17)18-8-11-2-1-7-21-11;/h1-7H,8H2,(H3,17,18,19);1H. The van der Waals surface area contributed by atoms with E-state index in [1.54, 1.807) is 11.3 Å². The molecule has 2 rings (SSSR count). The van der Waals surface area contributed by atoms with Crippen molar-refractivity contribution in [1.29, 1.82) is 0 Å². The lowest BCUT2D eigenvalue weighted by atomic mass is 10.3. The average molecular weight is 443 g/mol. The van der Waals surface area contributed by atoms with Crippen LogP contribution in [0.2, 0.25) is 0 Å². The number of rotatable bonds is 4. The van der Waals surface area contributed by atoms with Crippen LogP contribution in [0.3, 0.4) is 0 Å². The number of benzene rings is 1. The third-order valence-corrected chi connectivity index (χ3v) is 3.21. The van der Waals surface area contributed by atoms with E-state index in [-0.39, 0.29) is 35.7 Å². The van der Waals surface area contributed by atoms with Crippen molar-refractivity contribution in [2.45, 2.75) is 12.9 Å². The molecule has 22 heavy (non-hydrogen) atoms. The molecule has 0 bridgehead atoms. The summed E-state index contributed by atoms with van der Waals surface area (Å²) in [5, 5.41) is 4.73. The summed E-state index contributed by atoms with van der Waals surface area (Å²) in [6, 6.07) is 9.09. The third-order valence-electron chi connectivity index (χ3n) is 2.35. The number of guanidine groups is 1. The predicted molar refractivity (Wildman–Crippen MR) is 91.8 cm³/mol. The zero-order valence-electron chi connectivity index (χ0n) is 11.1. The number of nitrogens with one attached hydrogen (secondary N) is 1. The molecule has 0 atom stereocenters. The molecule has 0 saturated heterocycles. The van der Waals surface area contributed by atoms with Crippen molar-refractivity contribution >= 4 is 47.0 Å². The van der Waals surface area contributed by atoms with E-state index in [4.69, 9.17) is 5.73 Å². The Morgan fingerprint density at radius 1 is 1.23 bits per heavy atom. The van der Waals surface area contributed by atoms with E-state index in [1.165, 1.54) is 24.3 Å². The molecule has 0 aliphatic carbocycles. The summed E-state index contributed by atoms with van der Waals surface area (Å²) in [5.74, 6) is -0.102. The minimum absolute atomic E-state index is 0. The molecular formula is C13H13F3IN3OS. The quantitative estimate of drug-likeness (QED) is 0.424. The molecule has 4 nitrogen and oxygen atoms in total. The van der Waals surface area contributed by atoms with Crippen LogP contribution in [-0.4, -0.2) is 12.3 Å². The van der Waals surface area contributed by atoms with Gasteiger partial charge in [0.15, 0.2) is 5.96 Å². The van der Waals surface area contributed by atoms with Crippen molar-refractivity contribution in [2.24, 2.45) is 10.7 Å². The van der Waals surface area contributed by atoms with Gasteiger partial charge in [0.25, 0.3) is 0 Å². The van der Waals surface area contributed by atoms with Crippen LogP contribution in [0.1, 0.15) is 4.88 Å². The molecule has 0 unspecified atom stereocenters. The van der Waals surface area contributed by atoms with Gasteiger partial charge in [0.2, 0.25) is 0 Å². The van der Waals surface area contributed by atoms with E-state index in [9.17, 15) is 13.2 Å². The highest BCUT2D eigenvalue weighted by molar-refractivity contribution is 14.0. The smallest absolute Gasteiger partial charge is 0.406 e. The van der Waals surface area contributed by atoms with Crippen LogP contribution >= 0.6 is 35.3 Å². The number of aliphatic imine (C=N–C) groups is 1. The zero-order chi connectivity index (χ0) is 15.3. The van der Waals surface area contributed by atoms with Crippen LogP contribution in [0.4, 0.5) is 18.9 Å². The summed E-state index contributed by atoms with van der Waals surface area (Å²) in [5.41, 5.74) is 6.22. The Morgan fingerprint density at radius 3 is 2.45 bits per heavy atom. The van der Waals surface area contributed by atoms with Gasteiger partial charge in [-0.3, -0.25) is 0 Å². The molecule has 0 fully saturated rings. The maximum atomic E-state index is 12.0. The van der Waals surface area contributed by atoms with Gasteiger partial charge in [-0.15, -0.1) is 48.5 Å². The van der Waals surface area contributed by atoms with Gasteiger partial charge in [-0.1, -0.05) is 6.07 Å². The zero-order valence-corrected chi connectivity index (χ0v) is 14.3. The molecule has 9 heteroatoms. The van der Waals surface area contributed by atoms with Crippen LogP contribution in [0.5, 0.6) is 5.75 Å². The minimum atomic E-state index is -4.70. The number of nitrogens with two attached hydrogens (primary N) is 1. The van der Waals surface area contributed by atoms with Crippen molar-refractivity contribution in [1.82, 2.24) is 0 Å². The van der Waals surface area contributed by atoms with Gasteiger partial charge in [0.05, 0.1) is 6.54 Å². The Hall–Kier alpha value is -1.49. The Morgan fingerprint density at radius 2 is 1.91 bits per heavy atom. The third kappa shape index (κ3) is 6.52. The number of hydrogen-bond donors (Lipinski definition) is 2. The second kappa shape index (κ2) is 8.22. The van der Waals surface area contributed by atoms with Crippen molar-refractivity contribution in [3.63, 3.8) is 0 Å². The summed E-state index contributed by atoms with van der Waals surface area (Å²) in [7, 11) is 0. The Kier molecular flexibility index (Phi) is 6.94. The maximum absolute atomic E-state index is 12.0. The number of ether oxygens (including phenoxy) is 1. The SMILES string of the molecule is I.NC(=NCc1cccs1)Nc1ccc(OC(F)(F)F)cc1. The van der Waals surface area contributed by atoms with Crippen LogP contribution < -0.4 is 15.8 Å². The van der Waals surface area contributed by atoms with Gasteiger partial charge in [0, 0.05) is 10.6 Å². The largest absolute Gasteiger partial charge is 0.573 e. The lowest BCUT2D eigenvalue weighted by molar-refractivity contribution is -0.274. The summed E-state index contributed by atoms with van der Waals surface area (Å²) in [6.45, 7) is 0.450. The van der Waals surface area contributed by atoms with Crippen LogP contribution in [0.25, 0.3) is 0 Å². The first-order chi connectivity index (χ1) is 9.92. The Labute approximate surface area is 146 Å². The van der Waals surface area contributed by atoms with Gasteiger partial charge in [-0.05, 0) is 35.7 Å². The van der Waals surface area contributed by atoms with Crippen LogP contribution in [-0.2, 0) is 6.54 Å². The Bertz CT molecular complexity index is 600. The molecule has 1 aromatic carbocycles. The van der Waals surface area contributed by atoms with E-state index in [2.05, 4.69) is 15.0 Å². The van der Waals surface area contributed by atoms with Gasteiger partial charge in [0.1, 0.15) is 5.75 Å². The monoisotopic (exact) mass is 443 g/mol. The summed E-state index contributed by atoms with van der Waals surface area (Å²) < 4.78 is 39.8. The molecule has 0 spiro atoms. The molecule has 3 N–H and O–H groups in total. The molecule has 120 valence electrons. The molecule has 0 radical (unpaired) electrons. The first-order valence-electron chi connectivity index (χ1n) is 5.87. The van der Waals surface area contributed by atoms with Gasteiger partial charge in [-0.2, -0.15) is 0 Å². The molecule has 2 aromatic rings. The number of anilines is 1. The first kappa shape index (κ1) is 18.6. The molecule has 0 saturated carbocycles. The molecule has 0 aliphatic heterocycles. The highest BCUT2D eigenvalue weighted by Crippen LogP contribution is 2.23. The van der Waals surface area contributed by atoms with Crippen LogP contribution in [0.15, 0.2) is 46.8 Å². The molecule has 0 amide bonds. The molecule has 1 heterocycles. The Balaban J connectivity index is 0.00000242. The number of alkyl halides is 3. The summed E-state index contributed by atoms with van der Waals surface area (Å²) in [4.78, 5) is 5.19. The van der Waals surface area contributed by atoms with E-state index < -0.39 is 6.36 Å². The summed E-state index contributed by atoms with van der Waals surface area (Å²) in [6.07, 6.45) is -4.70. The van der Waals surface area contributed by atoms with E-state index in [0.717, 1.165) is 4.88 Å². The van der Waals surface area contributed by atoms with Crippen molar-refractivity contribution in [3.05, 3.63) is 46.7 Å². The second-order valence-electron chi connectivity index (χ2n) is 3.98. The normalized spacial score (nSPS) is 11.7. The minimum Gasteiger partial charge on any atom is -0.406 e. The lowest BCUT2D eigenvalue weighted by Gasteiger charge is -2.10. The highest BCUT2D eigenvalue weighted by atomic mass is 127. The number of nitrogens with zero attached hydrogens (tertiary/aromatic N) is 1. The van der Waals surface area contributed by atoms with Crippen molar-refractivity contribution in [2.75, 3.05) is 5.32 Å². The predicted octanol–water partition coefficient (Wildman–Crippen LogP) is 4.19. The fourth-order valence-corrected chi connectivity index (χ4v) is 2.12. The first-order valence-corrected chi connectivity index (χ1v) is 6.75. The number of thiophene rings is 1. The molecular weight excluding hydrogens is 430 g/mol. The molecule has 0 aliphatic rings. The topological polar surface area (TPSA) is 59.6 Å². The number of halogens is 4. The van der Waals surface area contributed by atoms with Crippen molar-refractivity contribution in [3.8, 4) is 5.75 Å². The highest BCUT2D eigenvalue weighted by Gasteiger charge is 2.30. The van der Waals surface area contributed by atoms with Gasteiger partial charge in [-0.25, -0.2) is 4.99 Å². The number of hydrogen-bond acceptors (Lipinski definition) is 3. The van der Waals surface area contributed by atoms with E-state index >= 15 is 0 Å². The fraction of sp³-hybridized carbons (Fsp3) is 0.154. The van der Waals surface area contributed by atoms with Gasteiger partial charge < -0.3 is 15.8 Å². The average Bonchev–Trinajstić information content (AvgIpc) is 2.90. The fourth-order valence-electron chi connectivity index (χ4n) is 1.49. The van der Waals surface area contributed by atoms with Crippen molar-refractivity contribution < 1.29 is 17.9 Å². The van der Waals surface area contributed by atoms with E-state index in [0.29, 0.717) is 12.2 Å². The second-order valence-corrected chi connectivity index (χ2v) is 5.01. The lowest BCUT2D eigenvalue weighted by Crippen LogP contribution is -2.22.